The largest absolute Gasteiger partial charge is 0.458 e. The van der Waals surface area contributed by atoms with E-state index in [1.807, 2.05) is 0 Å². The third kappa shape index (κ3) is 7.50. The van der Waals surface area contributed by atoms with Crippen LogP contribution in [0.25, 0.3) is 0 Å². The molecule has 0 spiro atoms. The molecule has 0 aliphatic rings. The molecular weight excluding hydrogens is 340 g/mol. The second kappa shape index (κ2) is 8.16. The Morgan fingerprint density at radius 2 is 1.62 bits per heavy atom. The maximum Gasteiger partial charge on any atom is 0.408 e. The molecule has 1 aromatic carbocycles. The fraction of sp³-hybridized carbons (Fsp3) is 0.556. The van der Waals surface area contributed by atoms with Gasteiger partial charge in [0.05, 0.1) is 4.92 Å². The smallest absolute Gasteiger partial charge is 0.408 e. The molecule has 8 nitrogen and oxygen atoms in total. The molecule has 0 heterocycles. The Hall–Kier alpha value is -2.64. The number of hydrogen-bond donors (Lipinski definition) is 1. The van der Waals surface area contributed by atoms with E-state index >= 15 is 0 Å². The van der Waals surface area contributed by atoms with Crippen LogP contribution in [0.3, 0.4) is 0 Å². The Morgan fingerprint density at radius 1 is 1.08 bits per heavy atom. The van der Waals surface area contributed by atoms with Gasteiger partial charge in [-0.1, -0.05) is 18.2 Å². The van der Waals surface area contributed by atoms with Crippen LogP contribution in [-0.2, 0) is 20.7 Å². The van der Waals surface area contributed by atoms with E-state index in [9.17, 15) is 19.7 Å². The molecule has 1 atom stereocenters. The number of alkyl carbamates (subject to hydrolysis) is 1. The lowest BCUT2D eigenvalue weighted by Crippen LogP contribution is -2.47. The first kappa shape index (κ1) is 21.4. The number of rotatable bonds is 5. The summed E-state index contributed by atoms with van der Waals surface area (Å²) < 4.78 is 10.5. The molecule has 0 aliphatic carbocycles. The highest BCUT2D eigenvalue weighted by Crippen LogP contribution is 2.21. The predicted octanol–water partition coefficient (Wildman–Crippen LogP) is 3.37. The van der Waals surface area contributed by atoms with E-state index in [2.05, 4.69) is 5.32 Å². The molecule has 144 valence electrons. The topological polar surface area (TPSA) is 108 Å². The summed E-state index contributed by atoms with van der Waals surface area (Å²) in [6, 6.07) is 4.92. The zero-order valence-electron chi connectivity index (χ0n) is 16.0. The number of nitrogens with one attached hydrogen (secondary N) is 1. The molecule has 1 N–H and O–H groups in total. The summed E-state index contributed by atoms with van der Waals surface area (Å²) in [5.74, 6) is -0.693. The van der Waals surface area contributed by atoms with Crippen LogP contribution in [0.1, 0.15) is 47.1 Å². The summed E-state index contributed by atoms with van der Waals surface area (Å²) in [6.07, 6.45) is -0.891. The summed E-state index contributed by atoms with van der Waals surface area (Å²) >= 11 is 0. The van der Waals surface area contributed by atoms with Gasteiger partial charge in [0.15, 0.2) is 0 Å². The minimum atomic E-state index is -1.12. The van der Waals surface area contributed by atoms with Crippen LogP contribution >= 0.6 is 0 Å². The van der Waals surface area contributed by atoms with E-state index in [1.165, 1.54) is 18.2 Å². The zero-order chi connectivity index (χ0) is 20.1. The van der Waals surface area contributed by atoms with E-state index in [0.717, 1.165) is 0 Å². The third-order valence-electron chi connectivity index (χ3n) is 2.99. The van der Waals surface area contributed by atoms with Crippen molar-refractivity contribution in [2.24, 2.45) is 0 Å². The molecule has 0 radical (unpaired) electrons. The van der Waals surface area contributed by atoms with Gasteiger partial charge in [0.1, 0.15) is 17.2 Å². The number of nitro groups is 1. The van der Waals surface area contributed by atoms with E-state index in [-0.39, 0.29) is 12.1 Å². The number of carbonyl (C=O) groups is 2. The zero-order valence-corrected chi connectivity index (χ0v) is 16.0. The number of ether oxygens (including phenoxy) is 2. The van der Waals surface area contributed by atoms with Crippen LogP contribution in [0, 0.1) is 10.1 Å². The second-order valence-electron chi connectivity index (χ2n) is 7.82. The number of nitrogens with zero attached hydrogens (tertiary/aromatic N) is 1. The van der Waals surface area contributed by atoms with Crippen LogP contribution in [0.5, 0.6) is 0 Å². The summed E-state index contributed by atoms with van der Waals surface area (Å²) in [5, 5.41) is 13.6. The van der Waals surface area contributed by atoms with Crippen molar-refractivity contribution in [3.05, 3.63) is 39.9 Å². The quantitative estimate of drug-likeness (QED) is 0.486. The molecule has 26 heavy (non-hydrogen) atoms. The average Bonchev–Trinajstić information content (AvgIpc) is 2.43. The normalized spacial score (nSPS) is 12.8. The minimum absolute atomic E-state index is 0.0920. The van der Waals surface area contributed by atoms with Crippen molar-refractivity contribution < 1.29 is 24.0 Å². The fourth-order valence-corrected chi connectivity index (χ4v) is 2.10. The summed E-state index contributed by atoms with van der Waals surface area (Å²) in [4.78, 5) is 35.2. The molecule has 8 heteroatoms. The van der Waals surface area contributed by atoms with Crippen LogP contribution < -0.4 is 5.32 Å². The highest BCUT2D eigenvalue weighted by Gasteiger charge is 2.30. The van der Waals surface area contributed by atoms with Crippen molar-refractivity contribution in [3.63, 3.8) is 0 Å². The van der Waals surface area contributed by atoms with Crippen molar-refractivity contribution in [2.45, 2.75) is 65.2 Å². The highest BCUT2D eigenvalue weighted by molar-refractivity contribution is 5.82. The van der Waals surface area contributed by atoms with Crippen molar-refractivity contribution in [1.82, 2.24) is 5.32 Å². The number of nitro benzene ring substituents is 1. The van der Waals surface area contributed by atoms with Crippen LogP contribution in [0.2, 0.25) is 0 Å². The van der Waals surface area contributed by atoms with E-state index < -0.39 is 34.2 Å². The summed E-state index contributed by atoms with van der Waals surface area (Å²) in [5.41, 5.74) is -1.34. The van der Waals surface area contributed by atoms with E-state index in [4.69, 9.17) is 9.47 Å². The van der Waals surface area contributed by atoms with Gasteiger partial charge in [-0.3, -0.25) is 10.1 Å². The Morgan fingerprint density at radius 3 is 2.12 bits per heavy atom. The van der Waals surface area contributed by atoms with Gasteiger partial charge in [-0.25, -0.2) is 9.59 Å². The maximum absolute atomic E-state index is 12.5. The number of amides is 1. The molecule has 0 aliphatic heterocycles. The first-order valence-electron chi connectivity index (χ1n) is 8.23. The Labute approximate surface area is 153 Å². The maximum atomic E-state index is 12.5. The average molecular weight is 366 g/mol. The number of carbonyl (C=O) groups excluding carboxylic acids is 2. The molecule has 0 fully saturated rings. The lowest BCUT2D eigenvalue weighted by molar-refractivity contribution is -0.385. The van der Waals surface area contributed by atoms with Crippen LogP contribution in [-0.4, -0.2) is 34.2 Å². The van der Waals surface area contributed by atoms with Crippen LogP contribution in [0.15, 0.2) is 24.3 Å². The van der Waals surface area contributed by atoms with Gasteiger partial charge in [-0.05, 0) is 41.5 Å². The molecular formula is C18H26N2O6. The van der Waals surface area contributed by atoms with Gasteiger partial charge in [-0.2, -0.15) is 0 Å². The molecule has 1 rings (SSSR count). The lowest BCUT2D eigenvalue weighted by atomic mass is 10.0. The SMILES string of the molecule is CC(C)(C)OC(=O)NC(Cc1ccccc1[N+](=O)[O-])C(=O)OC(C)(C)C. The predicted molar refractivity (Wildman–Crippen MR) is 95.8 cm³/mol. The molecule has 1 amide bonds. The summed E-state index contributed by atoms with van der Waals surface area (Å²) in [7, 11) is 0. The standard InChI is InChI=1S/C18H26N2O6/c1-17(2,3)25-15(21)13(19-16(22)26-18(4,5)6)11-12-9-7-8-10-14(12)20(23)24/h7-10,13H,11H2,1-6H3,(H,19,22). The van der Waals surface area contributed by atoms with Gasteiger partial charge in [0.2, 0.25) is 0 Å². The van der Waals surface area contributed by atoms with Gasteiger partial charge in [0, 0.05) is 18.1 Å². The van der Waals surface area contributed by atoms with Crippen LogP contribution in [0.4, 0.5) is 10.5 Å². The highest BCUT2D eigenvalue weighted by atomic mass is 16.6. The fourth-order valence-electron chi connectivity index (χ4n) is 2.10. The Kier molecular flexibility index (Phi) is 6.72. The molecule has 0 saturated carbocycles. The third-order valence-corrected chi connectivity index (χ3v) is 2.99. The van der Waals surface area contributed by atoms with E-state index in [1.54, 1.807) is 47.6 Å². The molecule has 0 aromatic heterocycles. The first-order chi connectivity index (χ1) is 11.8. The van der Waals surface area contributed by atoms with Crippen molar-refractivity contribution >= 4 is 17.7 Å². The molecule has 1 aromatic rings. The molecule has 1 unspecified atom stereocenters. The number of benzene rings is 1. The van der Waals surface area contributed by atoms with E-state index in [0.29, 0.717) is 5.56 Å². The van der Waals surface area contributed by atoms with Gasteiger partial charge < -0.3 is 14.8 Å². The van der Waals surface area contributed by atoms with Gasteiger partial charge in [0.25, 0.3) is 5.69 Å². The lowest BCUT2D eigenvalue weighted by Gasteiger charge is -2.26. The van der Waals surface area contributed by atoms with Crippen molar-refractivity contribution in [2.75, 3.05) is 0 Å². The first-order valence-corrected chi connectivity index (χ1v) is 8.23. The number of para-hydroxylation sites is 1. The molecule has 0 bridgehead atoms. The summed E-state index contributed by atoms with van der Waals surface area (Å²) in [6.45, 7) is 10.2. The minimum Gasteiger partial charge on any atom is -0.458 e. The Bertz CT molecular complexity index is 673. The van der Waals surface area contributed by atoms with Gasteiger partial charge in [-0.15, -0.1) is 0 Å². The Balaban J connectivity index is 3.06. The van der Waals surface area contributed by atoms with Gasteiger partial charge >= 0.3 is 12.1 Å². The molecule has 0 saturated heterocycles. The number of hydrogen-bond acceptors (Lipinski definition) is 6. The van der Waals surface area contributed by atoms with Crippen molar-refractivity contribution in [3.8, 4) is 0 Å². The monoisotopic (exact) mass is 366 g/mol. The second-order valence-corrected chi connectivity index (χ2v) is 7.82. The van der Waals surface area contributed by atoms with Crippen molar-refractivity contribution in [1.29, 1.82) is 0 Å². The number of esters is 1.